The quantitative estimate of drug-likeness (QED) is 0.274. The van der Waals surface area contributed by atoms with Crippen molar-refractivity contribution in [1.82, 2.24) is 0 Å². The molecule has 0 spiro atoms. The number of benzene rings is 3. The molecular weight excluding hydrogens is 548 g/mol. The predicted octanol–water partition coefficient (Wildman–Crippen LogP) is 6.13. The summed E-state index contributed by atoms with van der Waals surface area (Å²) < 4.78 is 123. The summed E-state index contributed by atoms with van der Waals surface area (Å²) in [5, 5.41) is 9.68. The van der Waals surface area contributed by atoms with Crippen molar-refractivity contribution in [2.75, 3.05) is 16.2 Å². The fraction of sp³-hybridized carbons (Fsp3) is 0.250. The van der Waals surface area contributed by atoms with Crippen LogP contribution in [-0.4, -0.2) is 40.7 Å². The lowest BCUT2D eigenvalue weighted by Crippen LogP contribution is -2.41. The minimum atomic E-state index is -4.98. The number of alkyl halides is 7. The van der Waals surface area contributed by atoms with Gasteiger partial charge in [0.15, 0.2) is 6.10 Å². The molecule has 0 aliphatic rings. The van der Waals surface area contributed by atoms with E-state index in [9.17, 15) is 44.4 Å². The second kappa shape index (κ2) is 12.0. The van der Waals surface area contributed by atoms with Crippen LogP contribution < -0.4 is 14.4 Å². The number of halogens is 8. The number of anilines is 2. The summed E-state index contributed by atoms with van der Waals surface area (Å²) in [5.74, 6) is -1.19. The Morgan fingerprint density at radius 2 is 1.61 bits per heavy atom. The molecule has 0 radical (unpaired) electrons. The highest BCUT2D eigenvalue weighted by atomic mass is 32.2. The van der Waals surface area contributed by atoms with Crippen molar-refractivity contribution in [2.24, 2.45) is 0 Å². The van der Waals surface area contributed by atoms with Crippen LogP contribution in [-0.2, 0) is 17.5 Å². The van der Waals surface area contributed by atoms with Crippen LogP contribution in [0.1, 0.15) is 5.56 Å². The molecule has 0 amide bonds. The molecule has 2 atom stereocenters. The summed E-state index contributed by atoms with van der Waals surface area (Å²) in [6, 6.07) is 14.8. The molecule has 14 heteroatoms. The Bertz CT molecular complexity index is 1240. The molecular formula is C24H20F8N2O3S. The summed E-state index contributed by atoms with van der Waals surface area (Å²) in [6.07, 6.45) is -16.7. The molecule has 0 aliphatic carbocycles. The van der Waals surface area contributed by atoms with Crippen LogP contribution in [0.2, 0.25) is 0 Å². The Morgan fingerprint density at radius 3 is 2.24 bits per heavy atom. The third kappa shape index (κ3) is 8.05. The van der Waals surface area contributed by atoms with Crippen LogP contribution in [0.3, 0.4) is 0 Å². The van der Waals surface area contributed by atoms with Crippen molar-refractivity contribution in [3.8, 4) is 5.75 Å². The zero-order valence-electron chi connectivity index (χ0n) is 19.1. The summed E-state index contributed by atoms with van der Waals surface area (Å²) in [7, 11) is -1.86. The van der Waals surface area contributed by atoms with E-state index in [1.54, 1.807) is 0 Å². The molecule has 0 fully saturated rings. The smallest absolute Gasteiger partial charge is 0.428 e. The van der Waals surface area contributed by atoms with E-state index in [2.05, 4.69) is 9.46 Å². The average Bonchev–Trinajstić information content (AvgIpc) is 2.83. The Labute approximate surface area is 214 Å². The highest BCUT2D eigenvalue weighted by Gasteiger charge is 2.44. The molecule has 5 nitrogen and oxygen atoms in total. The highest BCUT2D eigenvalue weighted by molar-refractivity contribution is 7.86. The van der Waals surface area contributed by atoms with E-state index in [4.69, 9.17) is 0 Å². The first-order valence-electron chi connectivity index (χ1n) is 10.7. The molecule has 0 aliphatic heterocycles. The Hall–Kier alpha value is -3.39. The molecule has 2 N–H and O–H groups in total. The fourth-order valence-corrected chi connectivity index (χ4v) is 4.04. The first-order chi connectivity index (χ1) is 17.7. The second-order valence-corrected chi connectivity index (χ2v) is 9.14. The number of aliphatic hydroxyl groups excluding tert-OH is 1. The largest absolute Gasteiger partial charge is 0.461 e. The van der Waals surface area contributed by atoms with Gasteiger partial charge in [-0.15, -0.1) is 0 Å². The molecule has 0 heterocycles. The minimum Gasteiger partial charge on any atom is -0.428 e. The average molecular weight is 568 g/mol. The van der Waals surface area contributed by atoms with E-state index in [-0.39, 0.29) is 28.4 Å². The van der Waals surface area contributed by atoms with Crippen LogP contribution in [0.5, 0.6) is 5.75 Å². The Kier molecular flexibility index (Phi) is 9.20. The maximum absolute atomic E-state index is 13.3. The normalized spacial score (nSPS) is 13.7. The second-order valence-electron chi connectivity index (χ2n) is 7.92. The maximum atomic E-state index is 13.3. The van der Waals surface area contributed by atoms with Gasteiger partial charge in [0.25, 0.3) is 0 Å². The van der Waals surface area contributed by atoms with Crippen molar-refractivity contribution >= 4 is 22.4 Å². The molecule has 3 aromatic rings. The number of nitrogens with zero attached hydrogens (tertiary/aromatic N) is 1. The maximum Gasteiger partial charge on any atom is 0.461 e. The standard InChI is InChI=1S/C24H20F8N2O3S/c25-16-7-9-20(10-8-16)38(36)33-17-4-2-5-18(12-17)34(14-21(35)23(28,29)30)13-15-3-1-6-19(11-15)37-24(31,32)22(26)27/h1-12,21-22,33,35H,13-14H2. The SMILES string of the molecule is O=S(Nc1cccc(N(Cc2cccc(OC(F)(F)C(F)F)c2)CC(O)C(F)(F)F)c1)c1ccc(F)cc1. The first-order valence-corrected chi connectivity index (χ1v) is 11.9. The van der Waals surface area contributed by atoms with Gasteiger partial charge in [-0.25, -0.2) is 8.60 Å². The lowest BCUT2D eigenvalue weighted by molar-refractivity contribution is -0.253. The molecule has 38 heavy (non-hydrogen) atoms. The zero-order chi connectivity index (χ0) is 28.1. The van der Waals surface area contributed by atoms with Gasteiger partial charge in [-0.2, -0.15) is 30.7 Å². The molecule has 0 saturated carbocycles. The first kappa shape index (κ1) is 29.2. The van der Waals surface area contributed by atoms with Gasteiger partial charge in [0.05, 0.1) is 11.4 Å². The molecule has 0 bridgehead atoms. The van der Waals surface area contributed by atoms with E-state index in [1.165, 1.54) is 48.5 Å². The monoisotopic (exact) mass is 568 g/mol. The van der Waals surface area contributed by atoms with Gasteiger partial charge in [-0.3, -0.25) is 0 Å². The van der Waals surface area contributed by atoms with Gasteiger partial charge >= 0.3 is 18.7 Å². The summed E-state index contributed by atoms with van der Waals surface area (Å²) in [4.78, 5) is 1.28. The lowest BCUT2D eigenvalue weighted by atomic mass is 10.1. The third-order valence-electron chi connectivity index (χ3n) is 5.00. The predicted molar refractivity (Wildman–Crippen MR) is 124 cm³/mol. The van der Waals surface area contributed by atoms with Gasteiger partial charge in [0, 0.05) is 17.9 Å². The molecule has 206 valence electrons. The number of ether oxygens (including phenoxy) is 1. The van der Waals surface area contributed by atoms with Gasteiger partial charge in [0.1, 0.15) is 22.6 Å². The summed E-state index contributed by atoms with van der Waals surface area (Å²) in [6.45, 7) is -1.36. The van der Waals surface area contributed by atoms with Crippen molar-refractivity contribution < 1.29 is 49.2 Å². The number of hydrogen-bond acceptors (Lipinski definition) is 4. The van der Waals surface area contributed by atoms with Crippen molar-refractivity contribution in [3.63, 3.8) is 0 Å². The summed E-state index contributed by atoms with van der Waals surface area (Å²) >= 11 is 0. The lowest BCUT2D eigenvalue weighted by Gasteiger charge is -2.29. The van der Waals surface area contributed by atoms with E-state index in [0.29, 0.717) is 0 Å². The van der Waals surface area contributed by atoms with Crippen LogP contribution in [0.4, 0.5) is 46.5 Å². The number of rotatable bonds is 11. The van der Waals surface area contributed by atoms with Crippen LogP contribution in [0.15, 0.2) is 77.7 Å². The number of aliphatic hydroxyl groups is 1. The van der Waals surface area contributed by atoms with Crippen molar-refractivity contribution in [3.05, 3.63) is 84.2 Å². The number of hydrogen-bond donors (Lipinski definition) is 2. The fourth-order valence-electron chi connectivity index (χ4n) is 3.19. The third-order valence-corrected chi connectivity index (χ3v) is 6.12. The summed E-state index contributed by atoms with van der Waals surface area (Å²) in [5.41, 5.74) is 0.416. The van der Waals surface area contributed by atoms with Gasteiger partial charge in [-0.1, -0.05) is 18.2 Å². The van der Waals surface area contributed by atoms with Crippen LogP contribution >= 0.6 is 0 Å². The van der Waals surface area contributed by atoms with E-state index in [0.717, 1.165) is 29.2 Å². The van der Waals surface area contributed by atoms with E-state index >= 15 is 0 Å². The molecule has 0 saturated heterocycles. The molecule has 2 unspecified atom stereocenters. The van der Waals surface area contributed by atoms with Crippen LogP contribution in [0.25, 0.3) is 0 Å². The van der Waals surface area contributed by atoms with Crippen LogP contribution in [0, 0.1) is 5.82 Å². The van der Waals surface area contributed by atoms with Crippen molar-refractivity contribution in [1.29, 1.82) is 0 Å². The van der Waals surface area contributed by atoms with E-state index in [1.807, 2.05) is 0 Å². The zero-order valence-corrected chi connectivity index (χ0v) is 20.0. The topological polar surface area (TPSA) is 61.8 Å². The molecule has 3 rings (SSSR count). The Balaban J connectivity index is 1.87. The van der Waals surface area contributed by atoms with Gasteiger partial charge < -0.3 is 19.5 Å². The Morgan fingerprint density at radius 1 is 0.947 bits per heavy atom. The molecule has 3 aromatic carbocycles. The van der Waals surface area contributed by atoms with Gasteiger partial charge in [0.2, 0.25) is 0 Å². The number of nitrogens with one attached hydrogen (secondary N) is 1. The van der Waals surface area contributed by atoms with Crippen molar-refractivity contribution in [2.45, 2.75) is 36.3 Å². The van der Waals surface area contributed by atoms with Gasteiger partial charge in [-0.05, 0) is 60.2 Å². The highest BCUT2D eigenvalue weighted by Crippen LogP contribution is 2.30. The minimum absolute atomic E-state index is 0.107. The van der Waals surface area contributed by atoms with E-state index < -0.39 is 53.9 Å². The molecule has 0 aromatic heterocycles.